The highest BCUT2D eigenvalue weighted by atomic mass is 16.3. The van der Waals surface area contributed by atoms with Crippen molar-refractivity contribution in [3.05, 3.63) is 0 Å². The molecule has 1 atom stereocenters. The van der Waals surface area contributed by atoms with E-state index in [2.05, 4.69) is 15.7 Å². The normalized spacial score (nSPS) is 23.6. The molecule has 19 heavy (non-hydrogen) atoms. The smallest absolute Gasteiger partial charge is 0.222 e. The van der Waals surface area contributed by atoms with Gasteiger partial charge >= 0.3 is 0 Å². The maximum absolute atomic E-state index is 11.5. The van der Waals surface area contributed by atoms with E-state index < -0.39 is 6.10 Å². The zero-order chi connectivity index (χ0) is 13.7. The summed E-state index contributed by atoms with van der Waals surface area (Å²) in [6.07, 6.45) is 6.42. The van der Waals surface area contributed by atoms with E-state index in [-0.39, 0.29) is 5.91 Å². The maximum Gasteiger partial charge on any atom is 0.222 e. The topological polar surface area (TPSA) is 47.0 Å². The summed E-state index contributed by atoms with van der Waals surface area (Å²) in [5.74, 6) is 2.84. The molecule has 5 nitrogen and oxygen atoms in total. The Labute approximate surface area is 115 Å². The summed E-state index contributed by atoms with van der Waals surface area (Å²) in [4.78, 5) is 17.8. The van der Waals surface area contributed by atoms with Crippen molar-refractivity contribution < 1.29 is 9.90 Å². The highest BCUT2D eigenvalue weighted by Gasteiger charge is 2.24. The largest absolute Gasteiger partial charge is 0.390 e. The molecule has 0 aromatic carbocycles. The Morgan fingerprint density at radius 2 is 1.84 bits per heavy atom. The Morgan fingerprint density at radius 3 is 2.42 bits per heavy atom. The van der Waals surface area contributed by atoms with Crippen LogP contribution in [0.5, 0.6) is 0 Å². The fourth-order valence-electron chi connectivity index (χ4n) is 2.77. The number of likely N-dealkylation sites (tertiary alicyclic amines) is 1. The van der Waals surface area contributed by atoms with Gasteiger partial charge in [0.1, 0.15) is 0 Å². The van der Waals surface area contributed by atoms with Gasteiger partial charge in [-0.25, -0.2) is 0 Å². The van der Waals surface area contributed by atoms with Gasteiger partial charge in [0.05, 0.1) is 12.6 Å². The molecule has 0 radical (unpaired) electrons. The fourth-order valence-corrected chi connectivity index (χ4v) is 2.77. The SMILES string of the molecule is C#CCN1CCN(CC(O)CN2CCCC2=O)CC1. The van der Waals surface area contributed by atoms with E-state index in [1.165, 1.54) is 0 Å². The Balaban J connectivity index is 1.67. The zero-order valence-corrected chi connectivity index (χ0v) is 11.4. The van der Waals surface area contributed by atoms with Crippen molar-refractivity contribution >= 4 is 5.91 Å². The van der Waals surface area contributed by atoms with Gasteiger partial charge in [0.15, 0.2) is 0 Å². The van der Waals surface area contributed by atoms with Crippen LogP contribution in [0.1, 0.15) is 12.8 Å². The van der Waals surface area contributed by atoms with Crippen LogP contribution in [0, 0.1) is 12.3 Å². The number of β-amino-alcohol motifs (C(OH)–C–C–N with tert-alkyl or cyclic N) is 1. The van der Waals surface area contributed by atoms with Gasteiger partial charge in [0.2, 0.25) is 5.91 Å². The van der Waals surface area contributed by atoms with Gasteiger partial charge in [0.25, 0.3) is 0 Å². The van der Waals surface area contributed by atoms with Gasteiger partial charge in [-0.15, -0.1) is 6.42 Å². The molecule has 2 heterocycles. The third kappa shape index (κ3) is 4.20. The minimum absolute atomic E-state index is 0.179. The maximum atomic E-state index is 11.5. The Kier molecular flexibility index (Phi) is 5.20. The molecule has 2 rings (SSSR count). The first-order valence-corrected chi connectivity index (χ1v) is 7.03. The molecule has 0 saturated carbocycles. The predicted molar refractivity (Wildman–Crippen MR) is 73.5 cm³/mol. The molecule has 2 saturated heterocycles. The van der Waals surface area contributed by atoms with Gasteiger partial charge < -0.3 is 10.0 Å². The molecule has 0 bridgehead atoms. The number of carbonyl (C=O) groups is 1. The molecular weight excluding hydrogens is 242 g/mol. The lowest BCUT2D eigenvalue weighted by molar-refractivity contribution is -0.129. The van der Waals surface area contributed by atoms with E-state index >= 15 is 0 Å². The van der Waals surface area contributed by atoms with Crippen LogP contribution in [-0.4, -0.2) is 84.2 Å². The minimum Gasteiger partial charge on any atom is -0.390 e. The van der Waals surface area contributed by atoms with E-state index in [0.717, 1.165) is 39.1 Å². The summed E-state index contributed by atoms with van der Waals surface area (Å²) in [7, 11) is 0. The van der Waals surface area contributed by atoms with Gasteiger partial charge in [-0.1, -0.05) is 5.92 Å². The molecule has 5 heteroatoms. The molecule has 1 N–H and O–H groups in total. The Bertz CT molecular complexity index is 345. The summed E-state index contributed by atoms with van der Waals surface area (Å²) in [5, 5.41) is 10.1. The number of rotatable bonds is 5. The molecule has 2 aliphatic heterocycles. The molecule has 106 valence electrons. The fraction of sp³-hybridized carbons (Fsp3) is 0.786. The lowest BCUT2D eigenvalue weighted by Gasteiger charge is -2.35. The Morgan fingerprint density at radius 1 is 1.16 bits per heavy atom. The summed E-state index contributed by atoms with van der Waals surface area (Å²) in [6.45, 7) is 6.42. The standard InChI is InChI=1S/C14H23N3O2/c1-2-5-15-7-9-16(10-8-15)11-13(18)12-17-6-3-4-14(17)19/h1,13,18H,3-12H2. The molecule has 0 aromatic heterocycles. The van der Waals surface area contributed by atoms with Crippen LogP contribution in [0.15, 0.2) is 0 Å². The molecule has 1 unspecified atom stereocenters. The van der Waals surface area contributed by atoms with Gasteiger partial charge in [-0.05, 0) is 6.42 Å². The number of terminal acetylenes is 1. The average molecular weight is 265 g/mol. The van der Waals surface area contributed by atoms with E-state index in [1.54, 1.807) is 4.90 Å². The van der Waals surface area contributed by atoms with Crippen molar-refractivity contribution in [3.8, 4) is 12.3 Å². The highest BCUT2D eigenvalue weighted by Crippen LogP contribution is 2.10. The number of amides is 1. The lowest BCUT2D eigenvalue weighted by atomic mass is 10.2. The van der Waals surface area contributed by atoms with Crippen LogP contribution in [0.2, 0.25) is 0 Å². The quantitative estimate of drug-likeness (QED) is 0.663. The molecule has 0 aromatic rings. The Hall–Kier alpha value is -1.09. The number of hydrogen-bond donors (Lipinski definition) is 1. The molecule has 0 aliphatic carbocycles. The summed E-state index contributed by atoms with van der Waals surface area (Å²) in [5.41, 5.74) is 0. The molecule has 2 fully saturated rings. The number of hydrogen-bond acceptors (Lipinski definition) is 4. The van der Waals surface area contributed by atoms with Crippen molar-refractivity contribution in [2.75, 3.05) is 52.4 Å². The molecule has 1 amide bonds. The number of carbonyl (C=O) groups excluding carboxylic acids is 1. The molecule has 0 spiro atoms. The second-order valence-corrected chi connectivity index (χ2v) is 5.38. The summed E-state index contributed by atoms with van der Waals surface area (Å²) >= 11 is 0. The van der Waals surface area contributed by atoms with Gasteiger partial charge in [-0.2, -0.15) is 0 Å². The third-order valence-electron chi connectivity index (χ3n) is 3.85. The third-order valence-corrected chi connectivity index (χ3v) is 3.85. The monoisotopic (exact) mass is 265 g/mol. The van der Waals surface area contributed by atoms with Crippen LogP contribution < -0.4 is 0 Å². The van der Waals surface area contributed by atoms with E-state index in [4.69, 9.17) is 6.42 Å². The number of nitrogens with zero attached hydrogens (tertiary/aromatic N) is 3. The lowest BCUT2D eigenvalue weighted by Crippen LogP contribution is -2.50. The van der Waals surface area contributed by atoms with Gasteiger partial charge in [-0.3, -0.25) is 14.6 Å². The predicted octanol–water partition coefficient (Wildman–Crippen LogP) is -0.779. The first kappa shape index (κ1) is 14.3. The number of aliphatic hydroxyl groups is 1. The van der Waals surface area contributed by atoms with Crippen LogP contribution >= 0.6 is 0 Å². The van der Waals surface area contributed by atoms with Crippen molar-refractivity contribution in [2.24, 2.45) is 0 Å². The van der Waals surface area contributed by atoms with Crippen LogP contribution in [-0.2, 0) is 4.79 Å². The second kappa shape index (κ2) is 6.90. The molecular formula is C14H23N3O2. The molecule has 2 aliphatic rings. The van der Waals surface area contributed by atoms with Crippen LogP contribution in [0.4, 0.5) is 0 Å². The van der Waals surface area contributed by atoms with E-state index in [0.29, 0.717) is 26.1 Å². The average Bonchev–Trinajstić information content (AvgIpc) is 2.78. The van der Waals surface area contributed by atoms with E-state index in [9.17, 15) is 9.90 Å². The summed E-state index contributed by atoms with van der Waals surface area (Å²) in [6, 6.07) is 0. The van der Waals surface area contributed by atoms with Crippen molar-refractivity contribution in [1.82, 2.24) is 14.7 Å². The van der Waals surface area contributed by atoms with Gasteiger partial charge in [0, 0.05) is 52.2 Å². The minimum atomic E-state index is -0.443. The van der Waals surface area contributed by atoms with Crippen molar-refractivity contribution in [3.63, 3.8) is 0 Å². The highest BCUT2D eigenvalue weighted by molar-refractivity contribution is 5.78. The first-order chi connectivity index (χ1) is 9.19. The first-order valence-electron chi connectivity index (χ1n) is 7.03. The second-order valence-electron chi connectivity index (χ2n) is 5.38. The van der Waals surface area contributed by atoms with Crippen LogP contribution in [0.3, 0.4) is 0 Å². The van der Waals surface area contributed by atoms with Crippen LogP contribution in [0.25, 0.3) is 0 Å². The van der Waals surface area contributed by atoms with Crippen molar-refractivity contribution in [1.29, 1.82) is 0 Å². The van der Waals surface area contributed by atoms with Crippen molar-refractivity contribution in [2.45, 2.75) is 18.9 Å². The number of piperazine rings is 1. The number of aliphatic hydroxyl groups excluding tert-OH is 1. The summed E-state index contributed by atoms with van der Waals surface area (Å²) < 4.78 is 0. The van der Waals surface area contributed by atoms with E-state index in [1.807, 2.05) is 0 Å². The zero-order valence-electron chi connectivity index (χ0n) is 11.4.